The lowest BCUT2D eigenvalue weighted by atomic mass is 10.1. The smallest absolute Gasteiger partial charge is 0.310 e. The van der Waals surface area contributed by atoms with Crippen molar-refractivity contribution in [2.24, 2.45) is 10.9 Å². The van der Waals surface area contributed by atoms with Crippen LogP contribution in [0.15, 0.2) is 41.4 Å². The van der Waals surface area contributed by atoms with E-state index in [2.05, 4.69) is 4.99 Å². The van der Waals surface area contributed by atoms with Crippen molar-refractivity contribution in [3.05, 3.63) is 42.2 Å². The summed E-state index contributed by atoms with van der Waals surface area (Å²) in [6.07, 6.45) is 3.20. The third kappa shape index (κ3) is 4.59. The third-order valence-electron chi connectivity index (χ3n) is 2.15. The Labute approximate surface area is 99.3 Å². The predicted octanol–water partition coefficient (Wildman–Crippen LogP) is 3.20. The van der Waals surface area contributed by atoms with Crippen LogP contribution < -0.4 is 0 Å². The molecule has 0 saturated carbocycles. The van der Waals surface area contributed by atoms with Crippen LogP contribution in [0.5, 0.6) is 0 Å². The SMILES string of the molecule is CC(C=CC(C)C(=O)O)=Nc1ccc(F)cc1. The average Bonchev–Trinajstić information content (AvgIpc) is 2.29. The number of aliphatic carboxylic acids is 1. The fraction of sp³-hybridized carbons (Fsp3) is 0.231. The minimum atomic E-state index is -0.879. The van der Waals surface area contributed by atoms with Gasteiger partial charge in [0.15, 0.2) is 0 Å². The maximum atomic E-state index is 12.6. The molecule has 0 heterocycles. The second-order valence-electron chi connectivity index (χ2n) is 3.72. The standard InChI is InChI=1S/C13H14FNO2/c1-9(13(16)17)3-4-10(2)15-12-7-5-11(14)6-8-12/h3-9H,1-2H3,(H,16,17). The van der Waals surface area contributed by atoms with Gasteiger partial charge in [-0.2, -0.15) is 0 Å². The largest absolute Gasteiger partial charge is 0.481 e. The van der Waals surface area contributed by atoms with Crippen LogP contribution in [-0.4, -0.2) is 16.8 Å². The summed E-state index contributed by atoms with van der Waals surface area (Å²) < 4.78 is 12.6. The van der Waals surface area contributed by atoms with Crippen molar-refractivity contribution in [1.82, 2.24) is 0 Å². The zero-order chi connectivity index (χ0) is 12.8. The number of allylic oxidation sites excluding steroid dienone is 1. The molecule has 1 atom stereocenters. The van der Waals surface area contributed by atoms with E-state index in [1.807, 2.05) is 0 Å². The van der Waals surface area contributed by atoms with Gasteiger partial charge in [0, 0.05) is 5.71 Å². The van der Waals surface area contributed by atoms with Gasteiger partial charge < -0.3 is 5.11 Å². The molecular weight excluding hydrogens is 221 g/mol. The number of carboxylic acids is 1. The molecule has 1 rings (SSSR count). The normalized spacial score (nSPS) is 13.9. The highest BCUT2D eigenvalue weighted by atomic mass is 19.1. The van der Waals surface area contributed by atoms with Gasteiger partial charge in [0.25, 0.3) is 0 Å². The van der Waals surface area contributed by atoms with Gasteiger partial charge in [-0.05, 0) is 44.2 Å². The Balaban J connectivity index is 2.73. The lowest BCUT2D eigenvalue weighted by molar-refractivity contribution is -0.139. The van der Waals surface area contributed by atoms with Crippen molar-refractivity contribution in [3.8, 4) is 0 Å². The maximum Gasteiger partial charge on any atom is 0.310 e. The maximum absolute atomic E-state index is 12.6. The molecular formula is C13H14FNO2. The van der Waals surface area contributed by atoms with Gasteiger partial charge in [-0.25, -0.2) is 4.39 Å². The van der Waals surface area contributed by atoms with Crippen molar-refractivity contribution >= 4 is 17.4 Å². The highest BCUT2D eigenvalue weighted by Crippen LogP contribution is 2.12. The molecule has 4 heteroatoms. The number of carbonyl (C=O) groups is 1. The van der Waals surface area contributed by atoms with Gasteiger partial charge in [0.05, 0.1) is 11.6 Å². The first-order valence-electron chi connectivity index (χ1n) is 5.21. The molecule has 0 aliphatic heterocycles. The van der Waals surface area contributed by atoms with E-state index in [-0.39, 0.29) is 5.82 Å². The fourth-order valence-corrected chi connectivity index (χ4v) is 1.12. The molecule has 3 nitrogen and oxygen atoms in total. The highest BCUT2D eigenvalue weighted by Gasteiger charge is 2.04. The van der Waals surface area contributed by atoms with Crippen LogP contribution in [0.1, 0.15) is 13.8 Å². The summed E-state index contributed by atoms with van der Waals surface area (Å²) >= 11 is 0. The van der Waals surface area contributed by atoms with Crippen LogP contribution in [0.2, 0.25) is 0 Å². The quantitative estimate of drug-likeness (QED) is 0.815. The van der Waals surface area contributed by atoms with E-state index in [0.717, 1.165) is 0 Å². The van der Waals surface area contributed by atoms with Crippen molar-refractivity contribution in [2.45, 2.75) is 13.8 Å². The Kier molecular flexibility index (Phi) is 4.57. The minimum Gasteiger partial charge on any atom is -0.481 e. The lowest BCUT2D eigenvalue weighted by Crippen LogP contribution is -2.06. The van der Waals surface area contributed by atoms with Gasteiger partial charge in [0.1, 0.15) is 5.82 Å². The van der Waals surface area contributed by atoms with E-state index in [1.54, 1.807) is 38.1 Å². The Morgan fingerprint density at radius 3 is 2.53 bits per heavy atom. The van der Waals surface area contributed by atoms with Crippen molar-refractivity contribution in [3.63, 3.8) is 0 Å². The van der Waals surface area contributed by atoms with Crippen molar-refractivity contribution < 1.29 is 14.3 Å². The summed E-state index contributed by atoms with van der Waals surface area (Å²) in [5, 5.41) is 8.68. The number of rotatable bonds is 4. The van der Waals surface area contributed by atoms with Crippen LogP contribution >= 0.6 is 0 Å². The molecule has 17 heavy (non-hydrogen) atoms. The second kappa shape index (κ2) is 5.94. The van der Waals surface area contributed by atoms with E-state index in [9.17, 15) is 9.18 Å². The first-order valence-corrected chi connectivity index (χ1v) is 5.21. The Morgan fingerprint density at radius 2 is 2.00 bits per heavy atom. The molecule has 90 valence electrons. The summed E-state index contributed by atoms with van der Waals surface area (Å²) in [4.78, 5) is 14.8. The number of hydrogen-bond acceptors (Lipinski definition) is 2. The molecule has 1 unspecified atom stereocenters. The average molecular weight is 235 g/mol. The zero-order valence-corrected chi connectivity index (χ0v) is 9.72. The molecule has 1 aromatic rings. The monoisotopic (exact) mass is 235 g/mol. The molecule has 1 aromatic carbocycles. The fourth-order valence-electron chi connectivity index (χ4n) is 1.12. The molecule has 0 radical (unpaired) electrons. The van der Waals surface area contributed by atoms with E-state index in [4.69, 9.17) is 5.11 Å². The summed E-state index contributed by atoms with van der Waals surface area (Å²) in [7, 11) is 0. The van der Waals surface area contributed by atoms with Crippen molar-refractivity contribution in [1.29, 1.82) is 0 Å². The summed E-state index contributed by atoms with van der Waals surface area (Å²) in [6.45, 7) is 3.35. The van der Waals surface area contributed by atoms with Gasteiger partial charge >= 0.3 is 5.97 Å². The highest BCUT2D eigenvalue weighted by molar-refractivity contribution is 5.95. The molecule has 0 aliphatic rings. The van der Waals surface area contributed by atoms with Gasteiger partial charge in [0.2, 0.25) is 0 Å². The van der Waals surface area contributed by atoms with Crippen LogP contribution in [0.4, 0.5) is 10.1 Å². The Bertz CT molecular complexity index is 449. The number of nitrogens with zero attached hydrogens (tertiary/aromatic N) is 1. The number of halogens is 1. The lowest BCUT2D eigenvalue weighted by Gasteiger charge is -1.98. The molecule has 1 N–H and O–H groups in total. The third-order valence-corrected chi connectivity index (χ3v) is 2.15. The summed E-state index contributed by atoms with van der Waals surface area (Å²) in [5.74, 6) is -1.74. The van der Waals surface area contributed by atoms with E-state index >= 15 is 0 Å². The first kappa shape index (κ1) is 13.1. The molecule has 0 bridgehead atoms. The molecule has 0 fully saturated rings. The van der Waals surface area contributed by atoms with Crippen molar-refractivity contribution in [2.75, 3.05) is 0 Å². The zero-order valence-electron chi connectivity index (χ0n) is 9.72. The topological polar surface area (TPSA) is 49.7 Å². The first-order chi connectivity index (χ1) is 7.99. The summed E-state index contributed by atoms with van der Waals surface area (Å²) in [6, 6.07) is 5.78. The van der Waals surface area contributed by atoms with Gasteiger partial charge in [-0.15, -0.1) is 0 Å². The molecule has 0 aromatic heterocycles. The predicted molar refractivity (Wildman–Crippen MR) is 65.1 cm³/mol. The van der Waals surface area contributed by atoms with E-state index < -0.39 is 11.9 Å². The van der Waals surface area contributed by atoms with E-state index in [1.165, 1.54) is 12.1 Å². The molecule has 0 amide bonds. The minimum absolute atomic E-state index is 0.309. The number of aliphatic imine (C=N–C) groups is 1. The van der Waals surface area contributed by atoms with Crippen LogP contribution in [0.3, 0.4) is 0 Å². The number of carboxylic acid groups (broad SMARTS) is 1. The molecule has 0 spiro atoms. The number of hydrogen-bond donors (Lipinski definition) is 1. The summed E-state index contributed by atoms with van der Waals surface area (Å²) in [5.41, 5.74) is 1.31. The van der Waals surface area contributed by atoms with Crippen LogP contribution in [0.25, 0.3) is 0 Å². The number of benzene rings is 1. The Hall–Kier alpha value is -1.97. The van der Waals surface area contributed by atoms with Gasteiger partial charge in [-0.3, -0.25) is 9.79 Å². The van der Waals surface area contributed by atoms with Gasteiger partial charge in [-0.1, -0.05) is 6.08 Å². The molecule has 0 aliphatic carbocycles. The molecule has 0 saturated heterocycles. The van der Waals surface area contributed by atoms with Crippen LogP contribution in [-0.2, 0) is 4.79 Å². The second-order valence-corrected chi connectivity index (χ2v) is 3.72. The van der Waals surface area contributed by atoms with Crippen LogP contribution in [0, 0.1) is 11.7 Å². The Morgan fingerprint density at radius 1 is 1.41 bits per heavy atom. The van der Waals surface area contributed by atoms with E-state index in [0.29, 0.717) is 11.4 Å².